The molecule has 19 heavy (non-hydrogen) atoms. The third-order valence-corrected chi connectivity index (χ3v) is 3.39. The highest BCUT2D eigenvalue weighted by atomic mass is 127. The Morgan fingerprint density at radius 3 is 2.63 bits per heavy atom. The third kappa shape index (κ3) is 4.05. The summed E-state index contributed by atoms with van der Waals surface area (Å²) in [7, 11) is 1.57. The Balaban J connectivity index is 2.89. The maximum absolute atomic E-state index is 11.6. The minimum Gasteiger partial charge on any atom is -0.378 e. The summed E-state index contributed by atoms with van der Waals surface area (Å²) in [6, 6.07) is 4.93. The highest BCUT2D eigenvalue weighted by Gasteiger charge is 2.27. The lowest BCUT2D eigenvalue weighted by Crippen LogP contribution is -2.39. The zero-order chi connectivity index (χ0) is 14.6. The van der Waals surface area contributed by atoms with E-state index in [1.54, 1.807) is 33.0 Å². The minimum atomic E-state index is -0.647. The molecule has 1 amide bonds. The number of anilines is 1. The molecule has 1 aromatic carbocycles. The number of nitro benzene ring substituents is 1. The van der Waals surface area contributed by atoms with Crippen LogP contribution in [-0.2, 0) is 4.79 Å². The van der Waals surface area contributed by atoms with Crippen LogP contribution in [0.4, 0.5) is 11.4 Å². The van der Waals surface area contributed by atoms with Crippen molar-refractivity contribution in [1.82, 2.24) is 5.32 Å². The van der Waals surface area contributed by atoms with E-state index in [0.29, 0.717) is 12.2 Å². The zero-order valence-electron chi connectivity index (χ0n) is 11.0. The van der Waals surface area contributed by atoms with Crippen molar-refractivity contribution in [2.24, 2.45) is 5.41 Å². The summed E-state index contributed by atoms with van der Waals surface area (Å²) in [4.78, 5) is 22.2. The molecule has 0 saturated carbocycles. The summed E-state index contributed by atoms with van der Waals surface area (Å²) >= 11 is 2.02. The molecule has 1 aromatic rings. The summed E-state index contributed by atoms with van der Waals surface area (Å²) in [5, 5.41) is 16.5. The van der Waals surface area contributed by atoms with Crippen molar-refractivity contribution in [3.63, 3.8) is 0 Å². The van der Waals surface area contributed by atoms with Crippen LogP contribution >= 0.6 is 22.6 Å². The minimum absolute atomic E-state index is 0.0135. The van der Waals surface area contributed by atoms with Crippen LogP contribution < -0.4 is 10.6 Å². The Bertz CT molecular complexity index is 503. The normalized spacial score (nSPS) is 10.9. The molecule has 104 valence electrons. The fourth-order valence-electron chi connectivity index (χ4n) is 1.54. The Morgan fingerprint density at radius 1 is 1.47 bits per heavy atom. The molecular weight excluding hydrogens is 361 g/mol. The molecule has 7 heteroatoms. The number of nitrogens with one attached hydrogen (secondary N) is 2. The fraction of sp³-hybridized carbons (Fsp3) is 0.417. The number of hydrogen-bond acceptors (Lipinski definition) is 4. The van der Waals surface area contributed by atoms with Gasteiger partial charge in [-0.1, -0.05) is 0 Å². The van der Waals surface area contributed by atoms with Crippen LogP contribution in [0.3, 0.4) is 0 Å². The number of rotatable bonds is 5. The topological polar surface area (TPSA) is 84.3 Å². The molecule has 0 bridgehead atoms. The van der Waals surface area contributed by atoms with Crippen LogP contribution in [0.15, 0.2) is 18.2 Å². The Hall–Kier alpha value is -1.38. The summed E-state index contributed by atoms with van der Waals surface area (Å²) in [6.07, 6.45) is 0. The van der Waals surface area contributed by atoms with Gasteiger partial charge in [0.25, 0.3) is 5.69 Å². The van der Waals surface area contributed by atoms with Gasteiger partial charge < -0.3 is 10.6 Å². The molecule has 0 aliphatic carbocycles. The molecule has 0 unspecified atom stereocenters. The summed E-state index contributed by atoms with van der Waals surface area (Å²) < 4.78 is 0.792. The number of halogens is 1. The first-order valence-corrected chi connectivity index (χ1v) is 6.76. The molecule has 0 radical (unpaired) electrons. The molecule has 0 aromatic heterocycles. The molecule has 0 atom stereocenters. The van der Waals surface area contributed by atoms with E-state index in [1.165, 1.54) is 6.07 Å². The SMILES string of the molecule is CNC(=O)C(C)(C)CNc1ccc(I)cc1[N+](=O)[O-]. The van der Waals surface area contributed by atoms with Crippen LogP contribution in [0.1, 0.15) is 13.8 Å². The lowest BCUT2D eigenvalue weighted by Gasteiger charge is -2.23. The highest BCUT2D eigenvalue weighted by Crippen LogP contribution is 2.27. The first-order chi connectivity index (χ1) is 8.77. The lowest BCUT2D eigenvalue weighted by atomic mass is 9.92. The van der Waals surface area contributed by atoms with E-state index < -0.39 is 10.3 Å². The van der Waals surface area contributed by atoms with Crippen LogP contribution in [0.25, 0.3) is 0 Å². The van der Waals surface area contributed by atoms with E-state index in [9.17, 15) is 14.9 Å². The average molecular weight is 377 g/mol. The highest BCUT2D eigenvalue weighted by molar-refractivity contribution is 14.1. The van der Waals surface area contributed by atoms with Crippen molar-refractivity contribution in [1.29, 1.82) is 0 Å². The van der Waals surface area contributed by atoms with Crippen molar-refractivity contribution in [2.45, 2.75) is 13.8 Å². The molecule has 0 saturated heterocycles. The number of benzene rings is 1. The van der Waals surface area contributed by atoms with Crippen LogP contribution in [0.5, 0.6) is 0 Å². The molecule has 0 fully saturated rings. The van der Waals surface area contributed by atoms with E-state index in [2.05, 4.69) is 10.6 Å². The van der Waals surface area contributed by atoms with E-state index in [-0.39, 0.29) is 11.6 Å². The van der Waals surface area contributed by atoms with Crippen LogP contribution in [0.2, 0.25) is 0 Å². The van der Waals surface area contributed by atoms with Crippen molar-refractivity contribution < 1.29 is 9.72 Å². The van der Waals surface area contributed by atoms with E-state index in [0.717, 1.165) is 3.57 Å². The molecular formula is C12H16IN3O3. The predicted octanol–water partition coefficient (Wildman–Crippen LogP) is 2.38. The van der Waals surface area contributed by atoms with E-state index in [4.69, 9.17) is 0 Å². The van der Waals surface area contributed by atoms with Gasteiger partial charge in [0.1, 0.15) is 5.69 Å². The van der Waals surface area contributed by atoms with Gasteiger partial charge in [-0.05, 0) is 48.6 Å². The molecule has 0 spiro atoms. The number of amides is 1. The second-order valence-electron chi connectivity index (χ2n) is 4.74. The van der Waals surface area contributed by atoms with Gasteiger partial charge in [0.05, 0.1) is 10.3 Å². The number of carbonyl (C=O) groups is 1. The second-order valence-corrected chi connectivity index (χ2v) is 5.98. The first kappa shape index (κ1) is 15.7. The fourth-order valence-corrected chi connectivity index (χ4v) is 2.01. The first-order valence-electron chi connectivity index (χ1n) is 5.68. The smallest absolute Gasteiger partial charge is 0.293 e. The van der Waals surface area contributed by atoms with Gasteiger partial charge in [0.2, 0.25) is 5.91 Å². The Labute approximate surface area is 125 Å². The van der Waals surface area contributed by atoms with Gasteiger partial charge >= 0.3 is 0 Å². The Morgan fingerprint density at radius 2 is 2.11 bits per heavy atom. The van der Waals surface area contributed by atoms with Crippen molar-refractivity contribution in [2.75, 3.05) is 18.9 Å². The van der Waals surface area contributed by atoms with Gasteiger partial charge in [0, 0.05) is 23.2 Å². The molecule has 0 heterocycles. The molecule has 0 aliphatic rings. The van der Waals surface area contributed by atoms with Gasteiger partial charge in [0.15, 0.2) is 0 Å². The van der Waals surface area contributed by atoms with Gasteiger partial charge in [-0.15, -0.1) is 0 Å². The number of nitro groups is 1. The summed E-state index contributed by atoms with van der Waals surface area (Å²) in [6.45, 7) is 3.86. The van der Waals surface area contributed by atoms with Crippen molar-refractivity contribution in [3.8, 4) is 0 Å². The third-order valence-electron chi connectivity index (χ3n) is 2.72. The van der Waals surface area contributed by atoms with Gasteiger partial charge in [-0.3, -0.25) is 14.9 Å². The quantitative estimate of drug-likeness (QED) is 0.469. The molecule has 1 rings (SSSR count). The summed E-state index contributed by atoms with van der Waals surface area (Å²) in [5.41, 5.74) is -0.215. The van der Waals surface area contributed by atoms with E-state index >= 15 is 0 Å². The zero-order valence-corrected chi connectivity index (χ0v) is 13.1. The molecule has 2 N–H and O–H groups in total. The molecule has 0 aliphatic heterocycles. The van der Waals surface area contributed by atoms with Crippen molar-refractivity contribution >= 4 is 39.9 Å². The maximum Gasteiger partial charge on any atom is 0.293 e. The number of hydrogen-bond donors (Lipinski definition) is 2. The van der Waals surface area contributed by atoms with E-state index in [1.807, 2.05) is 22.6 Å². The van der Waals surface area contributed by atoms with Crippen LogP contribution in [0, 0.1) is 19.1 Å². The Kier molecular flexibility index (Phi) is 5.10. The van der Waals surface area contributed by atoms with Gasteiger partial charge in [-0.25, -0.2) is 0 Å². The lowest BCUT2D eigenvalue weighted by molar-refractivity contribution is -0.384. The maximum atomic E-state index is 11.6. The second kappa shape index (κ2) is 6.18. The van der Waals surface area contributed by atoms with Crippen LogP contribution in [-0.4, -0.2) is 24.4 Å². The standard InChI is InChI=1S/C12H16IN3O3/c1-12(2,11(17)14-3)7-15-9-5-4-8(13)6-10(9)16(18)19/h4-6,15H,7H2,1-3H3,(H,14,17). The monoisotopic (exact) mass is 377 g/mol. The number of carbonyl (C=O) groups excluding carboxylic acids is 1. The molecule has 6 nitrogen and oxygen atoms in total. The number of nitrogens with zero attached hydrogens (tertiary/aromatic N) is 1. The summed E-state index contributed by atoms with van der Waals surface area (Å²) in [5.74, 6) is -0.117. The van der Waals surface area contributed by atoms with Crippen molar-refractivity contribution in [3.05, 3.63) is 31.9 Å². The predicted molar refractivity (Wildman–Crippen MR) is 82.2 cm³/mol. The van der Waals surface area contributed by atoms with Gasteiger partial charge in [-0.2, -0.15) is 0 Å². The average Bonchev–Trinajstić information content (AvgIpc) is 2.36. The largest absolute Gasteiger partial charge is 0.378 e.